The van der Waals surface area contributed by atoms with E-state index in [-0.39, 0.29) is 0 Å². The third kappa shape index (κ3) is 2.21. The van der Waals surface area contributed by atoms with Gasteiger partial charge in [0.15, 0.2) is 0 Å². The summed E-state index contributed by atoms with van der Waals surface area (Å²) in [4.78, 5) is 0. The number of benzene rings is 1. The average Bonchev–Trinajstić information content (AvgIpc) is 2.68. The largest absolute Gasteiger partial charge is 0.378 e. The molecular weight excluding hydrogens is 186 g/mol. The smallest absolute Gasteiger partial charge is 0.0594 e. The summed E-state index contributed by atoms with van der Waals surface area (Å²) in [5, 5.41) is 3.41. The second-order valence-electron chi connectivity index (χ2n) is 4.21. The summed E-state index contributed by atoms with van der Waals surface area (Å²) in [6.07, 6.45) is 1.52. The van der Waals surface area contributed by atoms with Crippen molar-refractivity contribution in [2.24, 2.45) is 5.92 Å². The van der Waals surface area contributed by atoms with E-state index in [0.717, 1.165) is 13.0 Å². The van der Waals surface area contributed by atoms with Crippen LogP contribution in [0.3, 0.4) is 0 Å². The van der Waals surface area contributed by atoms with Crippen molar-refractivity contribution in [1.29, 1.82) is 0 Å². The number of hydrogen-bond donors (Lipinski definition) is 1. The molecule has 1 heterocycles. The molecule has 1 aliphatic heterocycles. The van der Waals surface area contributed by atoms with E-state index in [9.17, 15) is 0 Å². The first-order valence-corrected chi connectivity index (χ1v) is 5.66. The first-order valence-electron chi connectivity index (χ1n) is 5.66. The van der Waals surface area contributed by atoms with E-state index in [1.165, 1.54) is 5.56 Å². The molecule has 1 aliphatic rings. The van der Waals surface area contributed by atoms with E-state index in [1.807, 2.05) is 7.05 Å². The molecule has 0 amide bonds. The van der Waals surface area contributed by atoms with E-state index in [2.05, 4.69) is 42.6 Å². The van der Waals surface area contributed by atoms with E-state index < -0.39 is 0 Å². The third-order valence-corrected chi connectivity index (χ3v) is 3.33. The highest BCUT2D eigenvalue weighted by molar-refractivity contribution is 5.20. The molecule has 0 spiro atoms. The van der Waals surface area contributed by atoms with E-state index in [0.29, 0.717) is 18.1 Å². The normalized spacial score (nSPS) is 27.9. The van der Waals surface area contributed by atoms with Gasteiger partial charge in [-0.2, -0.15) is 0 Å². The lowest BCUT2D eigenvalue weighted by molar-refractivity contribution is 0.0963. The van der Waals surface area contributed by atoms with Crippen LogP contribution in [0.2, 0.25) is 0 Å². The van der Waals surface area contributed by atoms with Crippen molar-refractivity contribution in [3.05, 3.63) is 35.9 Å². The molecule has 1 aromatic rings. The highest BCUT2D eigenvalue weighted by Gasteiger charge is 2.31. The highest BCUT2D eigenvalue weighted by Crippen LogP contribution is 2.32. The topological polar surface area (TPSA) is 21.3 Å². The maximum absolute atomic E-state index is 5.63. The van der Waals surface area contributed by atoms with Crippen LogP contribution in [0.15, 0.2) is 30.3 Å². The molecule has 1 N–H and O–H groups in total. The van der Waals surface area contributed by atoms with Crippen LogP contribution in [0, 0.1) is 5.92 Å². The van der Waals surface area contributed by atoms with Crippen LogP contribution in [-0.2, 0) is 4.74 Å². The number of hydrogen-bond acceptors (Lipinski definition) is 2. The van der Waals surface area contributed by atoms with Crippen molar-refractivity contribution in [2.75, 3.05) is 13.7 Å². The molecular formula is C13H19NO. The quantitative estimate of drug-likeness (QED) is 0.818. The summed E-state index contributed by atoms with van der Waals surface area (Å²) in [5.41, 5.74) is 1.36. The molecule has 0 saturated carbocycles. The zero-order chi connectivity index (χ0) is 10.7. The summed E-state index contributed by atoms with van der Waals surface area (Å²) < 4.78 is 5.63. The average molecular weight is 205 g/mol. The molecule has 2 nitrogen and oxygen atoms in total. The van der Waals surface area contributed by atoms with Crippen LogP contribution < -0.4 is 5.32 Å². The second kappa shape index (κ2) is 4.77. The third-order valence-electron chi connectivity index (χ3n) is 3.33. The predicted molar refractivity (Wildman–Crippen MR) is 61.8 cm³/mol. The van der Waals surface area contributed by atoms with Gasteiger partial charge in [0.1, 0.15) is 0 Å². The fourth-order valence-electron chi connectivity index (χ4n) is 2.47. The Bertz CT molecular complexity index is 299. The molecule has 2 rings (SSSR count). The lowest BCUT2D eigenvalue weighted by Crippen LogP contribution is -2.29. The maximum Gasteiger partial charge on any atom is 0.0594 e. The summed E-state index contributed by atoms with van der Waals surface area (Å²) >= 11 is 0. The van der Waals surface area contributed by atoms with Crippen LogP contribution in [-0.4, -0.2) is 19.8 Å². The van der Waals surface area contributed by atoms with Gasteiger partial charge in [-0.15, -0.1) is 0 Å². The van der Waals surface area contributed by atoms with Gasteiger partial charge in [-0.05, 0) is 26.0 Å². The van der Waals surface area contributed by atoms with Gasteiger partial charge in [0.25, 0.3) is 0 Å². The van der Waals surface area contributed by atoms with Gasteiger partial charge in [-0.3, -0.25) is 0 Å². The lowest BCUT2D eigenvalue weighted by atomic mass is 9.88. The minimum Gasteiger partial charge on any atom is -0.378 e. The zero-order valence-corrected chi connectivity index (χ0v) is 9.44. The van der Waals surface area contributed by atoms with Gasteiger partial charge in [0.05, 0.1) is 6.10 Å². The van der Waals surface area contributed by atoms with Crippen molar-refractivity contribution in [3.8, 4) is 0 Å². The van der Waals surface area contributed by atoms with Gasteiger partial charge >= 0.3 is 0 Å². The summed E-state index contributed by atoms with van der Waals surface area (Å²) in [6, 6.07) is 11.0. The monoisotopic (exact) mass is 205 g/mol. The Kier molecular flexibility index (Phi) is 3.39. The standard InChI is InChI=1S/C13H19NO/c1-10-12(8-9-15-10)13(14-2)11-6-4-3-5-7-11/h3-7,10,12-14H,8-9H2,1-2H3. The van der Waals surface area contributed by atoms with Gasteiger partial charge in [0.2, 0.25) is 0 Å². The van der Waals surface area contributed by atoms with Crippen LogP contribution in [0.1, 0.15) is 24.9 Å². The Morgan fingerprint density at radius 2 is 2.07 bits per heavy atom. The molecule has 2 heteroatoms. The molecule has 1 fully saturated rings. The summed E-state index contributed by atoms with van der Waals surface area (Å²) in [6.45, 7) is 3.07. The van der Waals surface area contributed by atoms with E-state index >= 15 is 0 Å². The first-order chi connectivity index (χ1) is 7.33. The SMILES string of the molecule is CNC(c1ccccc1)C1CCOC1C. The maximum atomic E-state index is 5.63. The van der Waals surface area contributed by atoms with Gasteiger partial charge < -0.3 is 10.1 Å². The Morgan fingerprint density at radius 3 is 2.60 bits per heavy atom. The van der Waals surface area contributed by atoms with Crippen LogP contribution >= 0.6 is 0 Å². The van der Waals surface area contributed by atoms with Crippen molar-refractivity contribution >= 4 is 0 Å². The number of nitrogens with one attached hydrogen (secondary N) is 1. The van der Waals surface area contributed by atoms with Crippen LogP contribution in [0.4, 0.5) is 0 Å². The van der Waals surface area contributed by atoms with E-state index in [4.69, 9.17) is 4.74 Å². The molecule has 3 unspecified atom stereocenters. The summed E-state index contributed by atoms with van der Waals surface area (Å²) in [5.74, 6) is 0.595. The van der Waals surface area contributed by atoms with Gasteiger partial charge in [0, 0.05) is 18.6 Å². The highest BCUT2D eigenvalue weighted by atomic mass is 16.5. The molecule has 15 heavy (non-hydrogen) atoms. The molecule has 0 bridgehead atoms. The molecule has 3 atom stereocenters. The van der Waals surface area contributed by atoms with Crippen molar-refractivity contribution in [1.82, 2.24) is 5.32 Å². The second-order valence-corrected chi connectivity index (χ2v) is 4.21. The van der Waals surface area contributed by atoms with Gasteiger partial charge in [-0.1, -0.05) is 30.3 Å². The Hall–Kier alpha value is -0.860. The Balaban J connectivity index is 2.17. The van der Waals surface area contributed by atoms with Crippen molar-refractivity contribution in [3.63, 3.8) is 0 Å². The predicted octanol–water partition coefficient (Wildman–Crippen LogP) is 2.37. The van der Waals surface area contributed by atoms with E-state index in [1.54, 1.807) is 0 Å². The fraction of sp³-hybridized carbons (Fsp3) is 0.538. The lowest BCUT2D eigenvalue weighted by Gasteiger charge is -2.25. The first kappa shape index (κ1) is 10.7. The zero-order valence-electron chi connectivity index (χ0n) is 9.44. The minimum atomic E-state index is 0.364. The Labute approximate surface area is 91.6 Å². The molecule has 0 aliphatic carbocycles. The number of rotatable bonds is 3. The van der Waals surface area contributed by atoms with Crippen molar-refractivity contribution < 1.29 is 4.74 Å². The molecule has 82 valence electrons. The fourth-order valence-corrected chi connectivity index (χ4v) is 2.47. The Morgan fingerprint density at radius 1 is 1.33 bits per heavy atom. The van der Waals surface area contributed by atoms with Gasteiger partial charge in [-0.25, -0.2) is 0 Å². The van der Waals surface area contributed by atoms with Crippen molar-refractivity contribution in [2.45, 2.75) is 25.5 Å². The summed E-state index contributed by atoms with van der Waals surface area (Å²) in [7, 11) is 2.03. The minimum absolute atomic E-state index is 0.364. The molecule has 1 saturated heterocycles. The number of ether oxygens (including phenoxy) is 1. The van der Waals surface area contributed by atoms with Crippen LogP contribution in [0.25, 0.3) is 0 Å². The molecule has 1 aromatic carbocycles. The molecule has 0 radical (unpaired) electrons. The van der Waals surface area contributed by atoms with Crippen LogP contribution in [0.5, 0.6) is 0 Å². The molecule has 0 aromatic heterocycles.